The smallest absolute Gasteiger partial charge is 0.227 e. The number of carbonyl (C=O) groups excluding carboxylic acids is 2. The summed E-state index contributed by atoms with van der Waals surface area (Å²) in [7, 11) is 0. The largest absolute Gasteiger partial charge is 0.355 e. The molecule has 1 unspecified atom stereocenters. The molecule has 1 heterocycles. The highest BCUT2D eigenvalue weighted by Gasteiger charge is 2.36. The van der Waals surface area contributed by atoms with Crippen LogP contribution in [-0.4, -0.2) is 24.9 Å². The third kappa shape index (κ3) is 4.17. The number of allylic oxidation sites excluding steroid dienone is 1. The lowest BCUT2D eigenvalue weighted by Gasteiger charge is -2.22. The lowest BCUT2D eigenvalue weighted by Crippen LogP contribution is -2.34. The third-order valence-electron chi connectivity index (χ3n) is 5.60. The van der Waals surface area contributed by atoms with Gasteiger partial charge in [-0.15, -0.1) is 0 Å². The summed E-state index contributed by atoms with van der Waals surface area (Å²) < 4.78 is 0. The molecule has 4 nitrogen and oxygen atoms in total. The Morgan fingerprint density at radius 1 is 1.31 bits per heavy atom. The number of hydrogen-bond acceptors (Lipinski definition) is 2. The second-order valence-electron chi connectivity index (χ2n) is 7.49. The van der Waals surface area contributed by atoms with Crippen LogP contribution in [0.15, 0.2) is 29.8 Å². The zero-order valence-electron chi connectivity index (χ0n) is 16.0. The molecule has 1 N–H and O–H groups in total. The summed E-state index contributed by atoms with van der Waals surface area (Å²) in [5.41, 5.74) is 4.74. The van der Waals surface area contributed by atoms with Crippen LogP contribution in [0.3, 0.4) is 0 Å². The number of nitrogens with zero attached hydrogens (tertiary/aromatic N) is 1. The van der Waals surface area contributed by atoms with Gasteiger partial charge in [0.1, 0.15) is 0 Å². The van der Waals surface area contributed by atoms with Crippen LogP contribution in [0.25, 0.3) is 0 Å². The fourth-order valence-corrected chi connectivity index (χ4v) is 4.11. The molecule has 4 heteroatoms. The average molecular weight is 354 g/mol. The molecule has 0 radical (unpaired) electrons. The molecule has 1 aromatic carbocycles. The van der Waals surface area contributed by atoms with Gasteiger partial charge in [-0.05, 0) is 56.6 Å². The first-order chi connectivity index (χ1) is 12.6. The summed E-state index contributed by atoms with van der Waals surface area (Å²) in [5.74, 6) is -0.167. The number of carbonyl (C=O) groups is 2. The Hall–Kier alpha value is -2.10. The Morgan fingerprint density at radius 3 is 2.88 bits per heavy atom. The number of nitrogens with one attached hydrogen (secondary N) is 1. The number of hydrogen-bond donors (Lipinski definition) is 1. The van der Waals surface area contributed by atoms with Crippen molar-refractivity contribution in [3.63, 3.8) is 0 Å². The standard InChI is InChI=1S/C22H30N2O2/c1-3-18-11-7-8-16(2)21(18)24-15-19(14-20(24)25)22(26)23-13-12-17-9-5-4-6-10-17/h7-9,11,19H,3-6,10,12-15H2,1-2H3,(H,23,26). The fourth-order valence-electron chi connectivity index (χ4n) is 4.11. The highest BCUT2D eigenvalue weighted by molar-refractivity contribution is 6.01. The predicted molar refractivity (Wildman–Crippen MR) is 105 cm³/mol. The molecular formula is C22H30N2O2. The van der Waals surface area contributed by atoms with Gasteiger partial charge in [0.05, 0.1) is 5.92 Å². The molecule has 3 rings (SSSR count). The van der Waals surface area contributed by atoms with Gasteiger partial charge >= 0.3 is 0 Å². The van der Waals surface area contributed by atoms with Crippen molar-refractivity contribution in [3.8, 4) is 0 Å². The summed E-state index contributed by atoms with van der Waals surface area (Å²) in [6.45, 7) is 5.31. The van der Waals surface area contributed by atoms with Crippen LogP contribution in [0.4, 0.5) is 5.69 Å². The number of aryl methyl sites for hydroxylation is 2. The molecule has 26 heavy (non-hydrogen) atoms. The van der Waals surface area contributed by atoms with Crippen molar-refractivity contribution in [3.05, 3.63) is 41.0 Å². The van der Waals surface area contributed by atoms with Gasteiger partial charge in [0.2, 0.25) is 11.8 Å². The number of rotatable bonds is 6. The summed E-state index contributed by atoms with van der Waals surface area (Å²) in [6.07, 6.45) is 9.34. The van der Waals surface area contributed by atoms with Gasteiger partial charge in [-0.3, -0.25) is 9.59 Å². The van der Waals surface area contributed by atoms with E-state index in [0.29, 0.717) is 19.5 Å². The van der Waals surface area contributed by atoms with Crippen LogP contribution >= 0.6 is 0 Å². The number of para-hydroxylation sites is 1. The van der Waals surface area contributed by atoms with Gasteiger partial charge in [-0.25, -0.2) is 0 Å². The second-order valence-corrected chi connectivity index (χ2v) is 7.49. The molecule has 0 saturated carbocycles. The van der Waals surface area contributed by atoms with Crippen LogP contribution in [0, 0.1) is 12.8 Å². The maximum absolute atomic E-state index is 12.6. The van der Waals surface area contributed by atoms with Crippen molar-refractivity contribution in [2.45, 2.75) is 58.8 Å². The van der Waals surface area contributed by atoms with E-state index in [1.807, 2.05) is 24.0 Å². The molecule has 0 bridgehead atoms. The Morgan fingerprint density at radius 2 is 2.15 bits per heavy atom. The first-order valence-corrected chi connectivity index (χ1v) is 9.94. The number of anilines is 1. The maximum atomic E-state index is 12.6. The van der Waals surface area contributed by atoms with E-state index in [9.17, 15) is 9.59 Å². The molecule has 1 atom stereocenters. The Balaban J connectivity index is 1.59. The van der Waals surface area contributed by atoms with Gasteiger partial charge in [0.25, 0.3) is 0 Å². The maximum Gasteiger partial charge on any atom is 0.227 e. The zero-order valence-corrected chi connectivity index (χ0v) is 16.0. The van der Waals surface area contributed by atoms with Crippen molar-refractivity contribution in [2.75, 3.05) is 18.0 Å². The van der Waals surface area contributed by atoms with Gasteiger partial charge in [-0.1, -0.05) is 36.8 Å². The number of amides is 2. The van der Waals surface area contributed by atoms with Crippen molar-refractivity contribution < 1.29 is 9.59 Å². The van der Waals surface area contributed by atoms with Crippen molar-refractivity contribution in [1.82, 2.24) is 5.32 Å². The van der Waals surface area contributed by atoms with Gasteiger partial charge in [-0.2, -0.15) is 0 Å². The summed E-state index contributed by atoms with van der Waals surface area (Å²) in [5, 5.41) is 3.05. The monoisotopic (exact) mass is 354 g/mol. The molecule has 1 aliphatic heterocycles. The zero-order chi connectivity index (χ0) is 18.5. The SMILES string of the molecule is CCc1cccc(C)c1N1CC(C(=O)NCCC2=CCCCC2)CC1=O. The van der Waals surface area contributed by atoms with Crippen molar-refractivity contribution in [2.24, 2.45) is 5.92 Å². The Kier molecular flexibility index (Phi) is 6.12. The van der Waals surface area contributed by atoms with E-state index < -0.39 is 0 Å². The summed E-state index contributed by atoms with van der Waals surface area (Å²) in [6, 6.07) is 6.14. The van der Waals surface area contributed by atoms with Crippen LogP contribution in [0.5, 0.6) is 0 Å². The topological polar surface area (TPSA) is 49.4 Å². The highest BCUT2D eigenvalue weighted by Crippen LogP contribution is 2.31. The van der Waals surface area contributed by atoms with Crippen molar-refractivity contribution >= 4 is 17.5 Å². The minimum atomic E-state index is -0.243. The van der Waals surface area contributed by atoms with E-state index in [1.54, 1.807) is 0 Å². The molecule has 1 fully saturated rings. The summed E-state index contributed by atoms with van der Waals surface area (Å²) >= 11 is 0. The van der Waals surface area contributed by atoms with E-state index in [-0.39, 0.29) is 17.7 Å². The highest BCUT2D eigenvalue weighted by atomic mass is 16.2. The van der Waals surface area contributed by atoms with E-state index in [0.717, 1.165) is 24.1 Å². The molecule has 1 saturated heterocycles. The quantitative estimate of drug-likeness (QED) is 0.787. The molecular weight excluding hydrogens is 324 g/mol. The van der Waals surface area contributed by atoms with Crippen LogP contribution < -0.4 is 10.2 Å². The lowest BCUT2D eigenvalue weighted by atomic mass is 9.97. The van der Waals surface area contributed by atoms with Gasteiger partial charge in [0.15, 0.2) is 0 Å². The lowest BCUT2D eigenvalue weighted by molar-refractivity contribution is -0.126. The van der Waals surface area contributed by atoms with Gasteiger partial charge < -0.3 is 10.2 Å². The van der Waals surface area contributed by atoms with Crippen molar-refractivity contribution in [1.29, 1.82) is 0 Å². The molecule has 1 aliphatic carbocycles. The van der Waals surface area contributed by atoms with E-state index >= 15 is 0 Å². The molecule has 2 aliphatic rings. The summed E-state index contributed by atoms with van der Waals surface area (Å²) in [4.78, 5) is 26.9. The van der Waals surface area contributed by atoms with E-state index in [2.05, 4.69) is 24.4 Å². The second kappa shape index (κ2) is 8.52. The average Bonchev–Trinajstić information content (AvgIpc) is 3.03. The Bertz CT molecular complexity index is 708. The fraction of sp³-hybridized carbons (Fsp3) is 0.545. The first-order valence-electron chi connectivity index (χ1n) is 9.94. The molecule has 140 valence electrons. The van der Waals surface area contributed by atoms with E-state index in [4.69, 9.17) is 0 Å². The van der Waals surface area contributed by atoms with Crippen LogP contribution in [0.1, 0.15) is 56.6 Å². The normalized spacial score (nSPS) is 20.2. The van der Waals surface area contributed by atoms with Gasteiger partial charge in [0, 0.05) is 25.2 Å². The minimum absolute atomic E-state index is 0.0175. The molecule has 0 spiro atoms. The molecule has 2 amide bonds. The number of benzene rings is 1. The minimum Gasteiger partial charge on any atom is -0.355 e. The predicted octanol–water partition coefficient (Wildman–Crippen LogP) is 3.92. The molecule has 1 aromatic rings. The van der Waals surface area contributed by atoms with Crippen LogP contribution in [0.2, 0.25) is 0 Å². The third-order valence-corrected chi connectivity index (χ3v) is 5.60. The Labute approximate surface area is 156 Å². The first kappa shape index (κ1) is 18.7. The molecule has 0 aromatic heterocycles. The van der Waals surface area contributed by atoms with E-state index in [1.165, 1.54) is 36.8 Å². The van der Waals surface area contributed by atoms with Crippen LogP contribution in [-0.2, 0) is 16.0 Å².